The van der Waals surface area contributed by atoms with Crippen molar-refractivity contribution in [1.82, 2.24) is 5.32 Å². The molecule has 0 aliphatic carbocycles. The predicted octanol–water partition coefficient (Wildman–Crippen LogP) is 2.63. The van der Waals surface area contributed by atoms with E-state index in [1.54, 1.807) is 30.6 Å². The van der Waals surface area contributed by atoms with Crippen molar-refractivity contribution >= 4 is 23.1 Å². The van der Waals surface area contributed by atoms with Gasteiger partial charge in [-0.05, 0) is 23.6 Å². The van der Waals surface area contributed by atoms with Gasteiger partial charge in [-0.25, -0.2) is 4.79 Å². The van der Waals surface area contributed by atoms with E-state index >= 15 is 0 Å². The van der Waals surface area contributed by atoms with E-state index in [2.05, 4.69) is 10.6 Å². The van der Waals surface area contributed by atoms with Crippen molar-refractivity contribution in [2.75, 3.05) is 32.2 Å². The number of hydrogen-bond acceptors (Lipinski definition) is 5. The minimum atomic E-state index is -0.344. The molecule has 6 nitrogen and oxygen atoms in total. The lowest BCUT2D eigenvalue weighted by Crippen LogP contribution is -2.33. The van der Waals surface area contributed by atoms with Gasteiger partial charge in [-0.15, -0.1) is 11.3 Å². The number of aliphatic hydroxyl groups excluding tert-OH is 1. The third-order valence-electron chi connectivity index (χ3n) is 3.07. The van der Waals surface area contributed by atoms with Gasteiger partial charge in [0.2, 0.25) is 0 Å². The highest BCUT2D eigenvalue weighted by Crippen LogP contribution is 2.24. The number of nitrogens with one attached hydrogen (secondary N) is 2. The minimum absolute atomic E-state index is 0.0602. The third kappa shape index (κ3) is 5.24. The van der Waals surface area contributed by atoms with E-state index in [1.165, 1.54) is 0 Å². The number of urea groups is 1. The lowest BCUT2D eigenvalue weighted by Gasteiger charge is -2.17. The van der Waals surface area contributed by atoms with E-state index in [0.29, 0.717) is 18.0 Å². The second-order valence-corrected chi connectivity index (χ2v) is 5.61. The zero-order valence-electron chi connectivity index (χ0n) is 12.8. The number of thiophene rings is 1. The van der Waals surface area contributed by atoms with Crippen molar-refractivity contribution in [2.45, 2.75) is 6.10 Å². The van der Waals surface area contributed by atoms with E-state index in [1.807, 2.05) is 29.6 Å². The molecule has 1 aromatic carbocycles. The highest BCUT2D eigenvalue weighted by molar-refractivity contribution is 7.10. The predicted molar refractivity (Wildman–Crippen MR) is 90.1 cm³/mol. The summed E-state index contributed by atoms with van der Waals surface area (Å²) in [6, 6.07) is 10.7. The molecule has 0 unspecified atom stereocenters. The first-order valence-electron chi connectivity index (χ1n) is 7.18. The summed E-state index contributed by atoms with van der Waals surface area (Å²) in [6.07, 6.45) is -0.287. The second-order valence-electron chi connectivity index (χ2n) is 4.63. The minimum Gasteiger partial charge on any atom is -0.495 e. The Bertz CT molecular complexity index is 604. The molecule has 1 atom stereocenters. The Balaban J connectivity index is 1.91. The van der Waals surface area contributed by atoms with Gasteiger partial charge in [0, 0.05) is 4.88 Å². The van der Waals surface area contributed by atoms with Crippen LogP contribution in [0.2, 0.25) is 0 Å². The Labute approximate surface area is 139 Å². The number of methoxy groups -OCH3 is 1. The molecule has 1 heterocycles. The summed E-state index contributed by atoms with van der Waals surface area (Å²) in [4.78, 5) is 13.0. The average Bonchev–Trinajstić information content (AvgIpc) is 3.10. The molecule has 2 rings (SSSR count). The van der Waals surface area contributed by atoms with Crippen LogP contribution in [0.1, 0.15) is 11.0 Å². The van der Waals surface area contributed by atoms with Crippen LogP contribution in [0.4, 0.5) is 10.5 Å². The number of rotatable bonds is 8. The molecule has 0 fully saturated rings. The molecule has 0 spiro atoms. The SMILES string of the molecule is COc1ccccc1NC(=O)NC[C@H](OCCO)c1cccs1. The van der Waals surface area contributed by atoms with Crippen LogP contribution in [-0.2, 0) is 4.74 Å². The maximum absolute atomic E-state index is 12.0. The first-order chi connectivity index (χ1) is 11.2. The maximum Gasteiger partial charge on any atom is 0.319 e. The fourth-order valence-electron chi connectivity index (χ4n) is 2.01. The zero-order valence-corrected chi connectivity index (χ0v) is 13.6. The Morgan fingerprint density at radius 3 is 2.83 bits per heavy atom. The van der Waals surface area contributed by atoms with Crippen molar-refractivity contribution in [3.8, 4) is 5.75 Å². The number of carbonyl (C=O) groups is 1. The molecule has 0 saturated carbocycles. The number of aliphatic hydroxyl groups is 1. The van der Waals surface area contributed by atoms with Crippen LogP contribution in [0.5, 0.6) is 5.75 Å². The van der Waals surface area contributed by atoms with Gasteiger partial charge in [0.15, 0.2) is 0 Å². The van der Waals surface area contributed by atoms with Crippen molar-refractivity contribution in [3.05, 3.63) is 46.7 Å². The lowest BCUT2D eigenvalue weighted by molar-refractivity contribution is 0.0316. The molecular formula is C16H20N2O4S. The molecule has 2 aromatic rings. The summed E-state index contributed by atoms with van der Waals surface area (Å²) >= 11 is 1.54. The van der Waals surface area contributed by atoms with E-state index in [4.69, 9.17) is 14.6 Å². The van der Waals surface area contributed by atoms with Gasteiger partial charge in [0.25, 0.3) is 0 Å². The fourth-order valence-corrected chi connectivity index (χ4v) is 2.79. The maximum atomic E-state index is 12.0. The molecule has 0 saturated heterocycles. The molecule has 1 aromatic heterocycles. The first-order valence-corrected chi connectivity index (χ1v) is 8.06. The number of carbonyl (C=O) groups excluding carboxylic acids is 1. The monoisotopic (exact) mass is 336 g/mol. The van der Waals surface area contributed by atoms with Gasteiger partial charge < -0.3 is 25.2 Å². The van der Waals surface area contributed by atoms with Crippen molar-refractivity contribution < 1.29 is 19.4 Å². The highest BCUT2D eigenvalue weighted by atomic mass is 32.1. The van der Waals surface area contributed by atoms with Gasteiger partial charge in [0.05, 0.1) is 32.6 Å². The summed E-state index contributed by atoms with van der Waals surface area (Å²) in [5.41, 5.74) is 0.594. The number of para-hydroxylation sites is 2. The van der Waals surface area contributed by atoms with Crippen LogP contribution in [0, 0.1) is 0 Å². The molecule has 0 bridgehead atoms. The number of hydrogen-bond donors (Lipinski definition) is 3. The van der Waals surface area contributed by atoms with E-state index in [0.717, 1.165) is 4.88 Å². The van der Waals surface area contributed by atoms with Crippen molar-refractivity contribution in [1.29, 1.82) is 0 Å². The van der Waals surface area contributed by atoms with Crippen LogP contribution in [0.25, 0.3) is 0 Å². The molecule has 0 aliphatic rings. The molecule has 3 N–H and O–H groups in total. The Kier molecular flexibility index (Phi) is 6.86. The molecule has 0 radical (unpaired) electrons. The summed E-state index contributed by atoms with van der Waals surface area (Å²) in [5.74, 6) is 0.592. The molecular weight excluding hydrogens is 316 g/mol. The molecule has 2 amide bonds. The topological polar surface area (TPSA) is 79.8 Å². The first kappa shape index (κ1) is 17.3. The van der Waals surface area contributed by atoms with Gasteiger partial charge in [-0.1, -0.05) is 18.2 Å². The molecule has 23 heavy (non-hydrogen) atoms. The van der Waals surface area contributed by atoms with Gasteiger partial charge in [-0.3, -0.25) is 0 Å². The number of anilines is 1. The number of ether oxygens (including phenoxy) is 2. The fraction of sp³-hybridized carbons (Fsp3) is 0.312. The molecule has 124 valence electrons. The summed E-state index contributed by atoms with van der Waals surface area (Å²) in [7, 11) is 1.55. The normalized spacial score (nSPS) is 11.7. The number of benzene rings is 1. The largest absolute Gasteiger partial charge is 0.495 e. The zero-order chi connectivity index (χ0) is 16.5. The quantitative estimate of drug-likeness (QED) is 0.692. The van der Waals surface area contributed by atoms with Gasteiger partial charge in [-0.2, -0.15) is 0 Å². The molecule has 0 aliphatic heterocycles. The smallest absolute Gasteiger partial charge is 0.319 e. The second kappa shape index (κ2) is 9.14. The Hall–Kier alpha value is -2.09. The average molecular weight is 336 g/mol. The molecule has 7 heteroatoms. The van der Waals surface area contributed by atoms with Crippen LogP contribution in [0.15, 0.2) is 41.8 Å². The Morgan fingerprint density at radius 1 is 1.30 bits per heavy atom. The van der Waals surface area contributed by atoms with Gasteiger partial charge in [0.1, 0.15) is 11.9 Å². The third-order valence-corrected chi connectivity index (χ3v) is 4.04. The van der Waals surface area contributed by atoms with Crippen LogP contribution in [-0.4, -0.2) is 38.0 Å². The Morgan fingerprint density at radius 2 is 2.13 bits per heavy atom. The van der Waals surface area contributed by atoms with Crippen LogP contribution < -0.4 is 15.4 Å². The van der Waals surface area contributed by atoms with Crippen LogP contribution in [0.3, 0.4) is 0 Å². The lowest BCUT2D eigenvalue weighted by atomic mass is 10.3. The van der Waals surface area contributed by atoms with Crippen molar-refractivity contribution in [2.24, 2.45) is 0 Å². The van der Waals surface area contributed by atoms with Crippen LogP contribution >= 0.6 is 11.3 Å². The van der Waals surface area contributed by atoms with E-state index < -0.39 is 0 Å². The van der Waals surface area contributed by atoms with E-state index in [-0.39, 0.29) is 25.3 Å². The standard InChI is InChI=1S/C16H20N2O4S/c1-21-13-6-3-2-5-12(13)18-16(20)17-11-14(22-9-8-19)15-7-4-10-23-15/h2-7,10,14,19H,8-9,11H2,1H3,(H2,17,18,20)/t14-/m0/s1. The highest BCUT2D eigenvalue weighted by Gasteiger charge is 2.15. The van der Waals surface area contributed by atoms with E-state index in [9.17, 15) is 4.79 Å². The summed E-state index contributed by atoms with van der Waals surface area (Å²) < 4.78 is 10.8. The summed E-state index contributed by atoms with van der Waals surface area (Å²) in [5, 5.41) is 16.4. The number of amides is 2. The van der Waals surface area contributed by atoms with Crippen molar-refractivity contribution in [3.63, 3.8) is 0 Å². The van der Waals surface area contributed by atoms with Gasteiger partial charge >= 0.3 is 6.03 Å². The summed E-state index contributed by atoms with van der Waals surface area (Å²) in [6.45, 7) is 0.467.